The van der Waals surface area contributed by atoms with Crippen LogP contribution >= 0.6 is 23.2 Å². The molecule has 1 atom stereocenters. The van der Waals surface area contributed by atoms with Crippen molar-refractivity contribution < 1.29 is 4.79 Å². The summed E-state index contributed by atoms with van der Waals surface area (Å²) in [5.74, 6) is 0. The number of carbonyl (C=O) groups is 1. The Hall–Kier alpha value is -0.530. The zero-order valence-corrected chi connectivity index (χ0v) is 9.69. The molecule has 1 unspecified atom stereocenters. The van der Waals surface area contributed by atoms with Crippen LogP contribution in [0.5, 0.6) is 0 Å². The molecule has 0 amide bonds. The minimum absolute atomic E-state index is 0.345. The molecule has 0 aliphatic carbocycles. The maximum Gasteiger partial charge on any atom is 0.231 e. The fourth-order valence-corrected chi connectivity index (χ4v) is 1.72. The summed E-state index contributed by atoms with van der Waals surface area (Å²) in [6.07, 6.45) is 0.662. The summed E-state index contributed by atoms with van der Waals surface area (Å²) in [6.45, 7) is 3.76. The van der Waals surface area contributed by atoms with Crippen molar-refractivity contribution in [3.8, 4) is 0 Å². The lowest BCUT2D eigenvalue weighted by Crippen LogP contribution is -2.28. The molecular formula is C11H12Cl2O. The van der Waals surface area contributed by atoms with Gasteiger partial charge in [0.2, 0.25) is 5.24 Å². The van der Waals surface area contributed by atoms with E-state index in [0.717, 1.165) is 5.56 Å². The number of hydrogen-bond donors (Lipinski definition) is 0. The van der Waals surface area contributed by atoms with Gasteiger partial charge in [-0.05, 0) is 42.6 Å². The zero-order valence-electron chi connectivity index (χ0n) is 8.18. The van der Waals surface area contributed by atoms with Crippen molar-refractivity contribution in [2.45, 2.75) is 25.7 Å². The largest absolute Gasteiger partial charge is 0.280 e. The number of carbonyl (C=O) groups excluding carboxylic acids is 1. The van der Waals surface area contributed by atoms with Crippen molar-refractivity contribution >= 4 is 28.4 Å². The van der Waals surface area contributed by atoms with Gasteiger partial charge in [-0.3, -0.25) is 4.79 Å². The Morgan fingerprint density at radius 1 is 1.50 bits per heavy atom. The average Bonchev–Trinajstić information content (AvgIpc) is 2.16. The van der Waals surface area contributed by atoms with Gasteiger partial charge in [0.05, 0.1) is 5.41 Å². The standard InChI is InChI=1S/C11H12Cl2O/c1-3-11(2,10(13)14)8-5-4-6-9(12)7-8/h4-7H,3H2,1-2H3. The predicted molar refractivity (Wildman–Crippen MR) is 60.0 cm³/mol. The lowest BCUT2D eigenvalue weighted by molar-refractivity contribution is -0.116. The third-order valence-corrected chi connectivity index (χ3v) is 3.25. The van der Waals surface area contributed by atoms with Gasteiger partial charge in [0, 0.05) is 5.02 Å². The summed E-state index contributed by atoms with van der Waals surface area (Å²) in [5.41, 5.74) is 0.236. The predicted octanol–water partition coefficient (Wildman–Crippen LogP) is 3.77. The Morgan fingerprint density at radius 2 is 2.14 bits per heavy atom. The Bertz CT molecular complexity index is 349. The molecule has 1 aromatic carbocycles. The van der Waals surface area contributed by atoms with Crippen molar-refractivity contribution in [3.05, 3.63) is 34.9 Å². The van der Waals surface area contributed by atoms with Crippen molar-refractivity contribution in [2.75, 3.05) is 0 Å². The number of halogens is 2. The SMILES string of the molecule is CCC(C)(C(=O)Cl)c1cccc(Cl)c1. The van der Waals surface area contributed by atoms with Gasteiger partial charge in [-0.1, -0.05) is 30.7 Å². The lowest BCUT2D eigenvalue weighted by atomic mass is 9.81. The second-order valence-electron chi connectivity index (χ2n) is 3.47. The average molecular weight is 231 g/mol. The summed E-state index contributed by atoms with van der Waals surface area (Å²) < 4.78 is 0. The van der Waals surface area contributed by atoms with E-state index in [2.05, 4.69) is 0 Å². The van der Waals surface area contributed by atoms with Crippen LogP contribution in [0.3, 0.4) is 0 Å². The Balaban J connectivity index is 3.19. The van der Waals surface area contributed by atoms with Crippen LogP contribution in [0.4, 0.5) is 0 Å². The first kappa shape index (κ1) is 11.5. The van der Waals surface area contributed by atoms with Crippen LogP contribution in [0.15, 0.2) is 24.3 Å². The first-order chi connectivity index (χ1) is 6.50. The zero-order chi connectivity index (χ0) is 10.8. The van der Waals surface area contributed by atoms with E-state index in [0.29, 0.717) is 11.4 Å². The van der Waals surface area contributed by atoms with Gasteiger partial charge in [-0.25, -0.2) is 0 Å². The van der Waals surface area contributed by atoms with Crippen LogP contribution in [0, 0.1) is 0 Å². The molecule has 0 bridgehead atoms. The molecule has 3 heteroatoms. The number of benzene rings is 1. The maximum absolute atomic E-state index is 11.3. The summed E-state index contributed by atoms with van der Waals surface area (Å²) in [4.78, 5) is 11.3. The number of hydrogen-bond acceptors (Lipinski definition) is 1. The minimum atomic E-state index is -0.632. The van der Waals surface area contributed by atoms with Crippen LogP contribution in [0.1, 0.15) is 25.8 Å². The molecule has 14 heavy (non-hydrogen) atoms. The molecule has 1 rings (SSSR count). The quantitative estimate of drug-likeness (QED) is 0.723. The topological polar surface area (TPSA) is 17.1 Å². The molecule has 0 aliphatic heterocycles. The summed E-state index contributed by atoms with van der Waals surface area (Å²) in [6, 6.07) is 7.26. The molecule has 0 aromatic heterocycles. The van der Waals surface area contributed by atoms with Gasteiger partial charge in [0.25, 0.3) is 0 Å². The van der Waals surface area contributed by atoms with Crippen molar-refractivity contribution in [1.82, 2.24) is 0 Å². The fourth-order valence-electron chi connectivity index (χ4n) is 1.29. The smallest absolute Gasteiger partial charge is 0.231 e. The highest BCUT2D eigenvalue weighted by Gasteiger charge is 2.31. The van der Waals surface area contributed by atoms with Crippen LogP contribution in [-0.4, -0.2) is 5.24 Å². The monoisotopic (exact) mass is 230 g/mol. The molecule has 0 N–H and O–H groups in total. The molecular weight excluding hydrogens is 219 g/mol. The molecule has 0 saturated heterocycles. The van der Waals surface area contributed by atoms with Gasteiger partial charge < -0.3 is 0 Å². The Morgan fingerprint density at radius 3 is 2.57 bits per heavy atom. The van der Waals surface area contributed by atoms with Gasteiger partial charge in [-0.2, -0.15) is 0 Å². The molecule has 0 fully saturated rings. The normalized spacial score (nSPS) is 14.9. The Kier molecular flexibility index (Phi) is 3.57. The summed E-state index contributed by atoms with van der Waals surface area (Å²) in [5, 5.41) is 0.280. The van der Waals surface area contributed by atoms with Crippen molar-refractivity contribution in [3.63, 3.8) is 0 Å². The summed E-state index contributed by atoms with van der Waals surface area (Å²) >= 11 is 11.4. The third-order valence-electron chi connectivity index (χ3n) is 2.60. The van der Waals surface area contributed by atoms with E-state index >= 15 is 0 Å². The van der Waals surface area contributed by atoms with Gasteiger partial charge in [0.1, 0.15) is 0 Å². The molecule has 76 valence electrons. The first-order valence-corrected chi connectivity index (χ1v) is 5.22. The van der Waals surface area contributed by atoms with E-state index in [9.17, 15) is 4.79 Å². The van der Waals surface area contributed by atoms with Crippen LogP contribution in [0.2, 0.25) is 5.02 Å². The van der Waals surface area contributed by atoms with E-state index in [-0.39, 0.29) is 5.24 Å². The maximum atomic E-state index is 11.3. The molecule has 0 heterocycles. The molecule has 1 aromatic rings. The van der Waals surface area contributed by atoms with E-state index in [1.54, 1.807) is 12.1 Å². The lowest BCUT2D eigenvalue weighted by Gasteiger charge is -2.24. The second-order valence-corrected chi connectivity index (χ2v) is 4.25. The summed E-state index contributed by atoms with van der Waals surface area (Å²) in [7, 11) is 0. The molecule has 0 radical (unpaired) electrons. The van der Waals surface area contributed by atoms with E-state index in [4.69, 9.17) is 23.2 Å². The second kappa shape index (κ2) is 4.33. The first-order valence-electron chi connectivity index (χ1n) is 4.46. The highest BCUT2D eigenvalue weighted by Crippen LogP contribution is 2.31. The molecule has 0 saturated carbocycles. The third kappa shape index (κ3) is 2.10. The van der Waals surface area contributed by atoms with Crippen LogP contribution < -0.4 is 0 Å². The molecule has 1 nitrogen and oxygen atoms in total. The molecule has 0 spiro atoms. The van der Waals surface area contributed by atoms with E-state index in [1.807, 2.05) is 26.0 Å². The minimum Gasteiger partial charge on any atom is -0.280 e. The highest BCUT2D eigenvalue weighted by molar-refractivity contribution is 6.65. The van der Waals surface area contributed by atoms with Gasteiger partial charge in [0.15, 0.2) is 0 Å². The van der Waals surface area contributed by atoms with Crippen molar-refractivity contribution in [1.29, 1.82) is 0 Å². The Labute approximate surface area is 94.0 Å². The van der Waals surface area contributed by atoms with Gasteiger partial charge >= 0.3 is 0 Å². The van der Waals surface area contributed by atoms with E-state index in [1.165, 1.54) is 0 Å². The highest BCUT2D eigenvalue weighted by atomic mass is 35.5. The fraction of sp³-hybridized carbons (Fsp3) is 0.364. The van der Waals surface area contributed by atoms with Crippen molar-refractivity contribution in [2.24, 2.45) is 0 Å². The molecule has 0 aliphatic rings. The van der Waals surface area contributed by atoms with Crippen LogP contribution in [0.25, 0.3) is 0 Å². The number of rotatable bonds is 3. The van der Waals surface area contributed by atoms with Crippen LogP contribution in [-0.2, 0) is 10.2 Å². The van der Waals surface area contributed by atoms with E-state index < -0.39 is 5.41 Å². The van der Waals surface area contributed by atoms with Gasteiger partial charge in [-0.15, -0.1) is 0 Å².